The van der Waals surface area contributed by atoms with E-state index in [-0.39, 0.29) is 12.5 Å². The summed E-state index contributed by atoms with van der Waals surface area (Å²) in [5.41, 5.74) is 2.19. The van der Waals surface area contributed by atoms with Crippen molar-refractivity contribution in [2.75, 3.05) is 5.32 Å². The van der Waals surface area contributed by atoms with Gasteiger partial charge in [-0.1, -0.05) is 41.3 Å². The number of nitrogens with zero attached hydrogens (tertiary/aromatic N) is 5. The maximum Gasteiger partial charge on any atom is 0.239 e. The standard InChI is InChI=1S/C20H24N6O2S2/c1-6-9-26-17(11-28-16-10-12(2)7-8-13(16)3)23-25-20(26)29-14(4)18(27)21-19-24-22-15(5)30-19/h6-8,10,14H,1,9,11H2,2-5H3,(H,21,24,27). The molecule has 10 heteroatoms. The number of hydrogen-bond donors (Lipinski definition) is 1. The molecule has 3 aromatic rings. The van der Waals surface area contributed by atoms with Gasteiger partial charge >= 0.3 is 0 Å². The van der Waals surface area contributed by atoms with E-state index in [9.17, 15) is 4.79 Å². The molecule has 0 aliphatic heterocycles. The van der Waals surface area contributed by atoms with Crippen LogP contribution < -0.4 is 10.1 Å². The minimum atomic E-state index is -0.394. The highest BCUT2D eigenvalue weighted by Gasteiger charge is 2.21. The highest BCUT2D eigenvalue weighted by molar-refractivity contribution is 8.00. The van der Waals surface area contributed by atoms with Crippen LogP contribution in [0.4, 0.5) is 5.13 Å². The second kappa shape index (κ2) is 9.86. The van der Waals surface area contributed by atoms with Crippen LogP contribution in [0, 0.1) is 20.8 Å². The normalized spacial score (nSPS) is 11.9. The number of ether oxygens (including phenoxy) is 1. The lowest BCUT2D eigenvalue weighted by molar-refractivity contribution is -0.115. The zero-order chi connectivity index (χ0) is 21.7. The first-order chi connectivity index (χ1) is 14.4. The van der Waals surface area contributed by atoms with Crippen molar-refractivity contribution in [3.05, 3.63) is 52.8 Å². The fraction of sp³-hybridized carbons (Fsp3) is 0.350. The van der Waals surface area contributed by atoms with Crippen molar-refractivity contribution in [2.24, 2.45) is 0 Å². The number of carbonyl (C=O) groups is 1. The van der Waals surface area contributed by atoms with E-state index in [0.29, 0.717) is 22.7 Å². The number of amides is 1. The number of thioether (sulfide) groups is 1. The van der Waals surface area contributed by atoms with Crippen molar-refractivity contribution in [3.63, 3.8) is 0 Å². The Balaban J connectivity index is 1.69. The van der Waals surface area contributed by atoms with Crippen LogP contribution in [0.15, 0.2) is 36.0 Å². The molecule has 0 saturated carbocycles. The second-order valence-corrected chi connectivity index (χ2v) is 9.22. The van der Waals surface area contributed by atoms with Crippen molar-refractivity contribution in [1.29, 1.82) is 0 Å². The number of hydrogen-bond acceptors (Lipinski definition) is 8. The average Bonchev–Trinajstić information content (AvgIpc) is 3.29. The van der Waals surface area contributed by atoms with Gasteiger partial charge in [-0.05, 0) is 44.9 Å². The van der Waals surface area contributed by atoms with Gasteiger partial charge in [-0.25, -0.2) is 0 Å². The Bertz CT molecular complexity index is 1050. The van der Waals surface area contributed by atoms with Crippen molar-refractivity contribution in [3.8, 4) is 5.75 Å². The van der Waals surface area contributed by atoms with E-state index in [0.717, 1.165) is 21.9 Å². The molecule has 0 radical (unpaired) electrons. The molecule has 1 unspecified atom stereocenters. The minimum Gasteiger partial charge on any atom is -0.485 e. The molecule has 0 saturated heterocycles. The second-order valence-electron chi connectivity index (χ2n) is 6.73. The molecule has 1 amide bonds. The Kier molecular flexibility index (Phi) is 7.22. The molecule has 30 heavy (non-hydrogen) atoms. The van der Waals surface area contributed by atoms with Crippen LogP contribution in [0.3, 0.4) is 0 Å². The number of rotatable bonds is 9. The summed E-state index contributed by atoms with van der Waals surface area (Å²) in [6, 6.07) is 6.08. The van der Waals surface area contributed by atoms with Crippen LogP contribution in [0.1, 0.15) is 28.9 Å². The van der Waals surface area contributed by atoms with Crippen molar-refractivity contribution < 1.29 is 9.53 Å². The number of benzene rings is 1. The quantitative estimate of drug-likeness (QED) is 0.394. The van der Waals surface area contributed by atoms with Gasteiger partial charge in [0.05, 0.1) is 5.25 Å². The number of anilines is 1. The smallest absolute Gasteiger partial charge is 0.239 e. The molecular formula is C20H24N6O2S2. The zero-order valence-electron chi connectivity index (χ0n) is 17.4. The van der Waals surface area contributed by atoms with Gasteiger partial charge < -0.3 is 4.74 Å². The first kappa shape index (κ1) is 22.0. The summed E-state index contributed by atoms with van der Waals surface area (Å²) in [5.74, 6) is 1.32. The van der Waals surface area contributed by atoms with Crippen molar-refractivity contribution >= 4 is 34.1 Å². The summed E-state index contributed by atoms with van der Waals surface area (Å²) in [6.07, 6.45) is 1.77. The van der Waals surface area contributed by atoms with E-state index in [1.165, 1.54) is 23.1 Å². The van der Waals surface area contributed by atoms with Crippen molar-refractivity contribution in [1.82, 2.24) is 25.0 Å². The third-order valence-corrected chi connectivity index (χ3v) is 6.05. The number of nitrogens with one attached hydrogen (secondary N) is 1. The van der Waals surface area contributed by atoms with Gasteiger partial charge in [0.25, 0.3) is 0 Å². The largest absolute Gasteiger partial charge is 0.485 e. The highest BCUT2D eigenvalue weighted by Crippen LogP contribution is 2.25. The molecule has 0 aliphatic rings. The Morgan fingerprint density at radius 1 is 1.30 bits per heavy atom. The Morgan fingerprint density at radius 2 is 2.10 bits per heavy atom. The maximum atomic E-state index is 12.5. The summed E-state index contributed by atoms with van der Waals surface area (Å²) in [7, 11) is 0. The van der Waals surface area contributed by atoms with Crippen LogP contribution in [-0.2, 0) is 17.9 Å². The maximum absolute atomic E-state index is 12.5. The van der Waals surface area contributed by atoms with E-state index in [1.54, 1.807) is 6.08 Å². The van der Waals surface area contributed by atoms with Gasteiger partial charge in [-0.2, -0.15) is 0 Å². The lowest BCUT2D eigenvalue weighted by Crippen LogP contribution is -2.23. The summed E-state index contributed by atoms with van der Waals surface area (Å²) in [4.78, 5) is 12.5. The van der Waals surface area contributed by atoms with Crippen LogP contribution in [0.5, 0.6) is 5.75 Å². The zero-order valence-corrected chi connectivity index (χ0v) is 19.0. The third-order valence-electron chi connectivity index (χ3n) is 4.21. The lowest BCUT2D eigenvalue weighted by atomic mass is 10.1. The summed E-state index contributed by atoms with van der Waals surface area (Å²) in [6.45, 7) is 12.3. The molecule has 0 bridgehead atoms. The van der Waals surface area contributed by atoms with E-state index < -0.39 is 5.25 Å². The molecule has 1 atom stereocenters. The molecule has 1 aromatic carbocycles. The predicted molar refractivity (Wildman–Crippen MR) is 119 cm³/mol. The first-order valence-electron chi connectivity index (χ1n) is 9.38. The van der Waals surface area contributed by atoms with Crippen LogP contribution in [0.25, 0.3) is 0 Å². The molecule has 1 N–H and O–H groups in total. The molecule has 158 valence electrons. The Labute approximate surface area is 183 Å². The molecule has 2 aromatic heterocycles. The third kappa shape index (κ3) is 5.45. The van der Waals surface area contributed by atoms with E-state index >= 15 is 0 Å². The van der Waals surface area contributed by atoms with Gasteiger partial charge in [0.2, 0.25) is 11.0 Å². The SMILES string of the molecule is C=CCn1c(COc2cc(C)ccc2C)nnc1SC(C)C(=O)Nc1nnc(C)s1. The van der Waals surface area contributed by atoms with Crippen LogP contribution in [-0.4, -0.2) is 36.1 Å². The van der Waals surface area contributed by atoms with Crippen molar-refractivity contribution in [2.45, 2.75) is 51.3 Å². The molecule has 0 aliphatic carbocycles. The van der Waals surface area contributed by atoms with Gasteiger partial charge in [0.1, 0.15) is 17.4 Å². The van der Waals surface area contributed by atoms with Crippen LogP contribution in [0.2, 0.25) is 0 Å². The van der Waals surface area contributed by atoms with Gasteiger partial charge in [0, 0.05) is 6.54 Å². The molecular weight excluding hydrogens is 420 g/mol. The van der Waals surface area contributed by atoms with E-state index in [2.05, 4.69) is 32.3 Å². The molecule has 8 nitrogen and oxygen atoms in total. The van der Waals surface area contributed by atoms with E-state index in [1.807, 2.05) is 50.5 Å². The number of carbonyl (C=O) groups excluding carboxylic acids is 1. The Hall–Kier alpha value is -2.72. The predicted octanol–water partition coefficient (Wildman–Crippen LogP) is 3.94. The Morgan fingerprint density at radius 3 is 2.80 bits per heavy atom. The lowest BCUT2D eigenvalue weighted by Gasteiger charge is -2.13. The number of allylic oxidation sites excluding steroid dienone is 1. The summed E-state index contributed by atoms with van der Waals surface area (Å²) >= 11 is 2.66. The summed E-state index contributed by atoms with van der Waals surface area (Å²) in [5, 5.41) is 20.7. The fourth-order valence-electron chi connectivity index (χ4n) is 2.60. The minimum absolute atomic E-state index is 0.169. The van der Waals surface area contributed by atoms with Gasteiger partial charge in [-0.15, -0.1) is 27.0 Å². The monoisotopic (exact) mass is 444 g/mol. The number of aryl methyl sites for hydroxylation is 3. The average molecular weight is 445 g/mol. The topological polar surface area (TPSA) is 94.8 Å². The molecule has 2 heterocycles. The highest BCUT2D eigenvalue weighted by atomic mass is 32.2. The molecule has 0 fully saturated rings. The fourth-order valence-corrected chi connectivity index (χ4v) is 4.07. The van der Waals surface area contributed by atoms with E-state index in [4.69, 9.17) is 4.74 Å². The van der Waals surface area contributed by atoms with Crippen LogP contribution >= 0.6 is 23.1 Å². The first-order valence-corrected chi connectivity index (χ1v) is 11.1. The van der Waals surface area contributed by atoms with Gasteiger partial charge in [0.15, 0.2) is 11.0 Å². The van der Waals surface area contributed by atoms with Gasteiger partial charge in [-0.3, -0.25) is 14.7 Å². The molecule has 0 spiro atoms. The molecule has 3 rings (SSSR count). The summed E-state index contributed by atoms with van der Waals surface area (Å²) < 4.78 is 7.88. The number of aromatic nitrogens is 5.